The SMILES string of the molecule is O=S([O-])NC1CCCCC1NCCCC1=CCC=CC1. The molecule has 3 unspecified atom stereocenters. The molecular formula is C15H25N2O2S-. The maximum atomic E-state index is 10.8. The van der Waals surface area contributed by atoms with Gasteiger partial charge in [0.2, 0.25) is 0 Å². The van der Waals surface area contributed by atoms with Gasteiger partial charge in [-0.15, -0.1) is 0 Å². The summed E-state index contributed by atoms with van der Waals surface area (Å²) in [6.07, 6.45) is 15.6. The van der Waals surface area contributed by atoms with E-state index >= 15 is 0 Å². The van der Waals surface area contributed by atoms with Crippen LogP contribution in [0.1, 0.15) is 51.4 Å². The molecule has 0 radical (unpaired) electrons. The van der Waals surface area contributed by atoms with Gasteiger partial charge < -0.3 is 9.87 Å². The lowest BCUT2D eigenvalue weighted by atomic mass is 9.91. The highest BCUT2D eigenvalue weighted by Gasteiger charge is 2.24. The van der Waals surface area contributed by atoms with Gasteiger partial charge in [-0.2, -0.15) is 0 Å². The standard InChI is InChI=1S/C15H26N2O2S/c18-20(19)17-15-11-5-4-10-14(15)16-12-6-9-13-7-2-1-3-8-13/h1-2,8,14-17H,3-7,9-12H2,(H,18,19)/p-1. The van der Waals surface area contributed by atoms with Crippen LogP contribution < -0.4 is 10.0 Å². The average Bonchev–Trinajstić information content (AvgIpc) is 2.46. The highest BCUT2D eigenvalue weighted by Crippen LogP contribution is 2.19. The van der Waals surface area contributed by atoms with E-state index in [1.807, 2.05) is 0 Å². The zero-order chi connectivity index (χ0) is 14.2. The lowest BCUT2D eigenvalue weighted by Gasteiger charge is -2.33. The molecular weight excluding hydrogens is 272 g/mol. The van der Waals surface area contributed by atoms with E-state index in [1.165, 1.54) is 12.0 Å². The van der Waals surface area contributed by atoms with Crippen molar-refractivity contribution in [3.63, 3.8) is 0 Å². The molecule has 2 aliphatic carbocycles. The first kappa shape index (κ1) is 15.9. The minimum Gasteiger partial charge on any atom is -0.760 e. The smallest absolute Gasteiger partial charge is 0.0338 e. The molecule has 0 amide bonds. The monoisotopic (exact) mass is 297 g/mol. The molecule has 0 aliphatic heterocycles. The largest absolute Gasteiger partial charge is 0.760 e. The molecule has 2 rings (SSSR count). The van der Waals surface area contributed by atoms with Crippen LogP contribution in [0.5, 0.6) is 0 Å². The zero-order valence-electron chi connectivity index (χ0n) is 12.0. The Morgan fingerprint density at radius 2 is 2.05 bits per heavy atom. The van der Waals surface area contributed by atoms with Gasteiger partial charge in [0.05, 0.1) is 0 Å². The van der Waals surface area contributed by atoms with E-state index in [9.17, 15) is 8.76 Å². The molecule has 5 heteroatoms. The van der Waals surface area contributed by atoms with Crippen molar-refractivity contribution in [2.24, 2.45) is 0 Å². The molecule has 1 saturated carbocycles. The Balaban J connectivity index is 1.66. The third-order valence-corrected chi connectivity index (χ3v) is 4.68. The van der Waals surface area contributed by atoms with Crippen LogP contribution >= 0.6 is 0 Å². The fourth-order valence-corrected chi connectivity index (χ4v) is 3.63. The number of rotatable bonds is 7. The Morgan fingerprint density at radius 1 is 1.25 bits per heavy atom. The summed E-state index contributed by atoms with van der Waals surface area (Å²) < 4.78 is 24.2. The second-order valence-electron chi connectivity index (χ2n) is 5.68. The average molecular weight is 297 g/mol. The highest BCUT2D eigenvalue weighted by atomic mass is 32.2. The fourth-order valence-electron chi connectivity index (χ4n) is 3.10. The number of allylic oxidation sites excluding steroid dienone is 4. The van der Waals surface area contributed by atoms with Gasteiger partial charge in [0, 0.05) is 23.4 Å². The quantitative estimate of drug-likeness (QED) is 0.430. The van der Waals surface area contributed by atoms with Crippen LogP contribution in [0.2, 0.25) is 0 Å². The van der Waals surface area contributed by atoms with Gasteiger partial charge in [-0.3, -0.25) is 4.21 Å². The third-order valence-electron chi connectivity index (χ3n) is 4.18. The minimum atomic E-state index is -2.15. The minimum absolute atomic E-state index is 0.0684. The first-order valence-corrected chi connectivity index (χ1v) is 8.75. The van der Waals surface area contributed by atoms with Crippen LogP contribution in [0.25, 0.3) is 0 Å². The summed E-state index contributed by atoms with van der Waals surface area (Å²) in [5.74, 6) is 0. The Kier molecular flexibility index (Phi) is 6.93. The van der Waals surface area contributed by atoms with Crippen LogP contribution in [-0.4, -0.2) is 27.4 Å². The van der Waals surface area contributed by atoms with Crippen molar-refractivity contribution >= 4 is 11.3 Å². The molecule has 0 aromatic heterocycles. The molecule has 0 aromatic carbocycles. The molecule has 0 heterocycles. The summed E-state index contributed by atoms with van der Waals surface area (Å²) in [7, 11) is 0. The van der Waals surface area contributed by atoms with Crippen molar-refractivity contribution < 1.29 is 8.76 Å². The Hall–Kier alpha value is -0.490. The molecule has 2 N–H and O–H groups in total. The second kappa shape index (κ2) is 8.72. The van der Waals surface area contributed by atoms with Crippen LogP contribution in [-0.2, 0) is 11.3 Å². The van der Waals surface area contributed by atoms with E-state index in [-0.39, 0.29) is 6.04 Å². The summed E-state index contributed by atoms with van der Waals surface area (Å²) in [5.41, 5.74) is 1.54. The van der Waals surface area contributed by atoms with Gasteiger partial charge in [0.1, 0.15) is 0 Å². The molecule has 0 saturated heterocycles. The molecule has 0 aromatic rings. The lowest BCUT2D eigenvalue weighted by Crippen LogP contribution is -2.50. The van der Waals surface area contributed by atoms with E-state index in [1.54, 1.807) is 0 Å². The molecule has 0 bridgehead atoms. The number of hydrogen-bond acceptors (Lipinski definition) is 3. The first-order valence-electron chi connectivity index (χ1n) is 7.67. The van der Waals surface area contributed by atoms with Crippen LogP contribution in [0, 0.1) is 0 Å². The molecule has 3 atom stereocenters. The number of nitrogens with one attached hydrogen (secondary N) is 2. The van der Waals surface area contributed by atoms with Gasteiger partial charge in [0.15, 0.2) is 0 Å². The summed E-state index contributed by atoms with van der Waals surface area (Å²) in [4.78, 5) is 0. The van der Waals surface area contributed by atoms with E-state index in [0.29, 0.717) is 6.04 Å². The summed E-state index contributed by atoms with van der Waals surface area (Å²) >= 11 is -2.15. The fraction of sp³-hybridized carbons (Fsp3) is 0.733. The first-order chi connectivity index (χ1) is 9.75. The third kappa shape index (κ3) is 5.48. The maximum absolute atomic E-state index is 10.8. The van der Waals surface area contributed by atoms with E-state index in [2.05, 4.69) is 28.3 Å². The van der Waals surface area contributed by atoms with Gasteiger partial charge in [-0.25, -0.2) is 4.72 Å². The van der Waals surface area contributed by atoms with Crippen molar-refractivity contribution in [1.82, 2.24) is 10.0 Å². The highest BCUT2D eigenvalue weighted by molar-refractivity contribution is 7.77. The maximum Gasteiger partial charge on any atom is 0.0338 e. The van der Waals surface area contributed by atoms with E-state index < -0.39 is 11.3 Å². The Labute approximate surface area is 124 Å². The molecule has 1 fully saturated rings. The van der Waals surface area contributed by atoms with Crippen molar-refractivity contribution in [3.8, 4) is 0 Å². The zero-order valence-corrected chi connectivity index (χ0v) is 12.8. The van der Waals surface area contributed by atoms with Crippen molar-refractivity contribution in [2.75, 3.05) is 6.54 Å². The summed E-state index contributed by atoms with van der Waals surface area (Å²) in [6, 6.07) is 0.362. The Bertz CT molecular complexity index is 382. The molecule has 4 nitrogen and oxygen atoms in total. The molecule has 2 aliphatic rings. The van der Waals surface area contributed by atoms with Crippen LogP contribution in [0.3, 0.4) is 0 Å². The van der Waals surface area contributed by atoms with E-state index in [4.69, 9.17) is 0 Å². The second-order valence-corrected chi connectivity index (χ2v) is 6.39. The number of hydrogen-bond donors (Lipinski definition) is 2. The lowest BCUT2D eigenvalue weighted by molar-refractivity contribution is 0.307. The predicted octanol–water partition coefficient (Wildman–Crippen LogP) is 2.33. The van der Waals surface area contributed by atoms with Gasteiger partial charge in [0.25, 0.3) is 0 Å². The molecule has 114 valence electrons. The van der Waals surface area contributed by atoms with Crippen LogP contribution in [0.4, 0.5) is 0 Å². The Morgan fingerprint density at radius 3 is 2.75 bits per heavy atom. The predicted molar refractivity (Wildman–Crippen MR) is 81.8 cm³/mol. The van der Waals surface area contributed by atoms with Gasteiger partial charge in [-0.1, -0.05) is 36.6 Å². The summed E-state index contributed by atoms with van der Waals surface area (Å²) in [6.45, 7) is 0.968. The van der Waals surface area contributed by atoms with Crippen molar-refractivity contribution in [3.05, 3.63) is 23.8 Å². The van der Waals surface area contributed by atoms with Gasteiger partial charge >= 0.3 is 0 Å². The van der Waals surface area contributed by atoms with Gasteiger partial charge in [-0.05, 0) is 45.1 Å². The van der Waals surface area contributed by atoms with Crippen molar-refractivity contribution in [2.45, 2.75) is 63.5 Å². The molecule has 0 spiro atoms. The summed E-state index contributed by atoms with van der Waals surface area (Å²) in [5, 5.41) is 3.54. The van der Waals surface area contributed by atoms with Crippen molar-refractivity contribution in [1.29, 1.82) is 0 Å². The topological polar surface area (TPSA) is 64.2 Å². The normalized spacial score (nSPS) is 28.1. The van der Waals surface area contributed by atoms with E-state index in [0.717, 1.165) is 51.5 Å². The molecule has 20 heavy (non-hydrogen) atoms. The van der Waals surface area contributed by atoms with Crippen LogP contribution in [0.15, 0.2) is 23.8 Å².